The summed E-state index contributed by atoms with van der Waals surface area (Å²) in [6.45, 7) is 4.01. The van der Waals surface area contributed by atoms with Crippen LogP contribution < -0.4 is 0 Å². The van der Waals surface area contributed by atoms with Crippen molar-refractivity contribution < 1.29 is 25.8 Å². The Balaban J connectivity index is 2.64. The summed E-state index contributed by atoms with van der Waals surface area (Å²) in [7, 11) is -5.51. The predicted octanol–water partition coefficient (Wildman–Crippen LogP) is 1.89. The van der Waals surface area contributed by atoms with Crippen molar-refractivity contribution in [3.63, 3.8) is 0 Å². The highest BCUT2D eigenvalue weighted by molar-refractivity contribution is 7.87. The molecule has 0 unspecified atom stereocenters. The molecule has 0 saturated carbocycles. The van der Waals surface area contributed by atoms with Crippen LogP contribution in [0.4, 0.5) is 13.2 Å². The fraction of sp³-hybridized carbons (Fsp3) is 0.800. The molecule has 0 fully saturated rings. The van der Waals surface area contributed by atoms with E-state index in [-0.39, 0.29) is 0 Å². The number of nitrogens with zero attached hydrogens (tertiary/aromatic N) is 1. The van der Waals surface area contributed by atoms with Crippen LogP contribution in [0.25, 0.3) is 0 Å². The first-order valence-electron chi connectivity index (χ1n) is 5.42. The van der Waals surface area contributed by atoms with Crippen LogP contribution >= 0.6 is 0 Å². The molecule has 1 aliphatic heterocycles. The Hall–Kier alpha value is -0.600. The highest BCUT2D eigenvalue weighted by Crippen LogP contribution is 2.27. The van der Waals surface area contributed by atoms with Gasteiger partial charge in [-0.25, -0.2) is 0 Å². The molecule has 1 rings (SSSR count). The molecule has 0 saturated heterocycles. The minimum Gasteiger partial charge on any atom is -0.292 e. The normalized spacial score (nSPS) is 19.2. The third-order valence-corrected chi connectivity index (χ3v) is 3.76. The van der Waals surface area contributed by atoms with Crippen molar-refractivity contribution in [1.82, 2.24) is 4.90 Å². The van der Waals surface area contributed by atoms with Gasteiger partial charge in [-0.1, -0.05) is 12.2 Å². The first-order valence-corrected chi connectivity index (χ1v) is 6.83. The van der Waals surface area contributed by atoms with E-state index >= 15 is 0 Å². The zero-order valence-corrected chi connectivity index (χ0v) is 11.0. The molecule has 0 amide bonds. The van der Waals surface area contributed by atoms with Crippen molar-refractivity contribution >= 4 is 10.1 Å². The average molecular weight is 287 g/mol. The summed E-state index contributed by atoms with van der Waals surface area (Å²) in [4.78, 5) is 1.87. The molecule has 0 radical (unpaired) electrons. The Labute approximate surface area is 105 Å². The molecular formula is C10H16F3NO3S. The molecule has 0 aromatic rings. The van der Waals surface area contributed by atoms with Crippen molar-refractivity contribution in [3.8, 4) is 0 Å². The number of rotatable bonds is 4. The van der Waals surface area contributed by atoms with E-state index in [1.165, 1.54) is 0 Å². The van der Waals surface area contributed by atoms with Crippen LogP contribution in [0.5, 0.6) is 0 Å². The zero-order chi connectivity index (χ0) is 14.0. The standard InChI is InChI=1S/C10H16F3NO3S/c1-9(2,14-6-4-3-5-7-14)8-17-18(15,16)10(11,12)13/h3-4H,5-8H2,1-2H3. The van der Waals surface area contributed by atoms with Gasteiger partial charge in [0.2, 0.25) is 0 Å². The van der Waals surface area contributed by atoms with Gasteiger partial charge in [0.15, 0.2) is 0 Å². The molecule has 4 nitrogen and oxygen atoms in total. The highest BCUT2D eigenvalue weighted by Gasteiger charge is 2.48. The van der Waals surface area contributed by atoms with Gasteiger partial charge in [0.05, 0.1) is 6.61 Å². The average Bonchev–Trinajstić information content (AvgIpc) is 2.26. The molecular weight excluding hydrogens is 271 g/mol. The van der Waals surface area contributed by atoms with Crippen LogP contribution in [-0.2, 0) is 14.3 Å². The summed E-state index contributed by atoms with van der Waals surface area (Å²) in [5, 5.41) is 0. The monoisotopic (exact) mass is 287 g/mol. The van der Waals surface area contributed by atoms with Gasteiger partial charge in [-0.15, -0.1) is 0 Å². The lowest BCUT2D eigenvalue weighted by Gasteiger charge is -2.38. The van der Waals surface area contributed by atoms with E-state index in [9.17, 15) is 21.6 Å². The van der Waals surface area contributed by atoms with E-state index in [0.717, 1.165) is 6.42 Å². The molecule has 1 aliphatic rings. The number of halogens is 3. The van der Waals surface area contributed by atoms with E-state index in [2.05, 4.69) is 4.18 Å². The van der Waals surface area contributed by atoms with Crippen molar-refractivity contribution in [1.29, 1.82) is 0 Å². The SMILES string of the molecule is CC(C)(COS(=O)(=O)C(F)(F)F)N1CC=CCC1. The van der Waals surface area contributed by atoms with Crippen LogP contribution in [0, 0.1) is 0 Å². The second-order valence-electron chi connectivity index (χ2n) is 4.68. The lowest BCUT2D eigenvalue weighted by molar-refractivity contribution is -0.0573. The molecule has 0 spiro atoms. The maximum absolute atomic E-state index is 12.1. The van der Waals surface area contributed by atoms with Gasteiger partial charge >= 0.3 is 15.6 Å². The number of hydrogen-bond acceptors (Lipinski definition) is 4. The smallest absolute Gasteiger partial charge is 0.292 e. The highest BCUT2D eigenvalue weighted by atomic mass is 32.2. The summed E-state index contributed by atoms with van der Waals surface area (Å²) >= 11 is 0. The van der Waals surface area contributed by atoms with Crippen molar-refractivity contribution in [3.05, 3.63) is 12.2 Å². The molecule has 0 bridgehead atoms. The van der Waals surface area contributed by atoms with Crippen LogP contribution in [0.2, 0.25) is 0 Å². The topological polar surface area (TPSA) is 46.6 Å². The maximum Gasteiger partial charge on any atom is 0.523 e. The van der Waals surface area contributed by atoms with Gasteiger partial charge in [-0.05, 0) is 20.3 Å². The van der Waals surface area contributed by atoms with Gasteiger partial charge < -0.3 is 0 Å². The Morgan fingerprint density at radius 2 is 1.89 bits per heavy atom. The Morgan fingerprint density at radius 1 is 1.28 bits per heavy atom. The lowest BCUT2D eigenvalue weighted by Crippen LogP contribution is -2.49. The Morgan fingerprint density at radius 3 is 2.33 bits per heavy atom. The van der Waals surface area contributed by atoms with Crippen LogP contribution in [0.15, 0.2) is 12.2 Å². The Bertz CT molecular complexity index is 415. The van der Waals surface area contributed by atoms with E-state index in [0.29, 0.717) is 13.1 Å². The molecule has 0 atom stereocenters. The van der Waals surface area contributed by atoms with Crippen molar-refractivity contribution in [2.75, 3.05) is 19.7 Å². The van der Waals surface area contributed by atoms with Gasteiger partial charge in [0.1, 0.15) is 0 Å². The first-order chi connectivity index (χ1) is 8.06. The second-order valence-corrected chi connectivity index (χ2v) is 6.29. The van der Waals surface area contributed by atoms with Gasteiger partial charge in [-0.2, -0.15) is 21.6 Å². The van der Waals surface area contributed by atoms with Crippen molar-refractivity contribution in [2.24, 2.45) is 0 Å². The summed E-state index contributed by atoms with van der Waals surface area (Å²) in [5.41, 5.74) is -6.14. The van der Waals surface area contributed by atoms with Crippen LogP contribution in [0.1, 0.15) is 20.3 Å². The molecule has 0 aromatic carbocycles. The molecule has 18 heavy (non-hydrogen) atoms. The molecule has 0 aliphatic carbocycles. The van der Waals surface area contributed by atoms with Crippen LogP contribution in [-0.4, -0.2) is 44.1 Å². The minimum atomic E-state index is -5.51. The Kier molecular flexibility index (Phi) is 4.45. The van der Waals surface area contributed by atoms with Crippen LogP contribution in [0.3, 0.4) is 0 Å². The summed E-state index contributed by atoms with van der Waals surface area (Å²) in [6.07, 6.45) is 4.65. The fourth-order valence-electron chi connectivity index (χ4n) is 1.57. The van der Waals surface area contributed by atoms with E-state index in [1.807, 2.05) is 17.1 Å². The maximum atomic E-state index is 12.1. The summed E-state index contributed by atoms with van der Waals surface area (Å²) in [5.74, 6) is 0. The van der Waals surface area contributed by atoms with Crippen molar-refractivity contribution in [2.45, 2.75) is 31.3 Å². The predicted molar refractivity (Wildman–Crippen MR) is 60.3 cm³/mol. The largest absolute Gasteiger partial charge is 0.523 e. The minimum absolute atomic E-state index is 0.525. The first kappa shape index (κ1) is 15.5. The summed E-state index contributed by atoms with van der Waals surface area (Å²) < 4.78 is 62.0. The molecule has 106 valence electrons. The zero-order valence-electron chi connectivity index (χ0n) is 10.2. The van der Waals surface area contributed by atoms with E-state index < -0.39 is 27.8 Å². The van der Waals surface area contributed by atoms with E-state index in [1.54, 1.807) is 13.8 Å². The molecule has 0 aromatic heterocycles. The molecule has 1 heterocycles. The quantitative estimate of drug-likeness (QED) is 0.450. The van der Waals surface area contributed by atoms with Gasteiger partial charge in [0.25, 0.3) is 0 Å². The molecule has 0 N–H and O–H groups in total. The fourth-order valence-corrected chi connectivity index (χ4v) is 2.15. The van der Waals surface area contributed by atoms with Gasteiger partial charge in [0, 0.05) is 18.6 Å². The van der Waals surface area contributed by atoms with Gasteiger partial charge in [-0.3, -0.25) is 9.08 Å². The molecule has 8 heteroatoms. The second kappa shape index (κ2) is 5.18. The lowest BCUT2D eigenvalue weighted by atomic mass is 10.0. The third kappa shape index (κ3) is 3.69. The summed E-state index contributed by atoms with van der Waals surface area (Å²) in [6, 6.07) is 0. The van der Waals surface area contributed by atoms with E-state index in [4.69, 9.17) is 0 Å². The number of hydrogen-bond donors (Lipinski definition) is 0. The number of alkyl halides is 3. The third-order valence-electron chi connectivity index (χ3n) is 2.76.